The molecule has 0 aromatic heterocycles. The first-order chi connectivity index (χ1) is 10.6. The number of nitrogens with one attached hydrogen (secondary N) is 1. The number of allylic oxidation sites excluding steroid dienone is 1. The Labute approximate surface area is 138 Å². The Bertz CT molecular complexity index is 582. The Morgan fingerprint density at radius 3 is 2.59 bits per heavy atom. The molecule has 0 saturated heterocycles. The van der Waals surface area contributed by atoms with Crippen LogP contribution in [0, 0.1) is 0 Å². The monoisotopic (exact) mass is 342 g/mol. The number of carbonyl (C=O) groups excluding carboxylic acids is 1. The maximum absolute atomic E-state index is 12.4. The molecule has 3 N–H and O–H groups in total. The first-order valence-electron chi connectivity index (χ1n) is 6.74. The summed E-state index contributed by atoms with van der Waals surface area (Å²) < 4.78 is 0. The molecule has 1 amide bonds. The van der Waals surface area contributed by atoms with Crippen molar-refractivity contribution >= 4 is 29.1 Å². The molecular formula is C15H16Cl2N2O3. The quantitative estimate of drug-likeness (QED) is 0.778. The second kappa shape index (κ2) is 8.08. The number of benzene rings is 1. The van der Waals surface area contributed by atoms with Gasteiger partial charge >= 0.3 is 0 Å². The number of rotatable bonds is 6. The number of carbonyl (C=O) groups is 1. The molecule has 1 aromatic carbocycles. The van der Waals surface area contributed by atoms with Crippen LogP contribution >= 0.6 is 23.2 Å². The van der Waals surface area contributed by atoms with E-state index in [1.54, 1.807) is 24.3 Å². The van der Waals surface area contributed by atoms with Gasteiger partial charge in [-0.05, 0) is 43.2 Å². The molecule has 0 bridgehead atoms. The Morgan fingerprint density at radius 1 is 1.27 bits per heavy atom. The van der Waals surface area contributed by atoms with E-state index in [2.05, 4.69) is 10.2 Å². The molecular weight excluding hydrogens is 327 g/mol. The van der Waals surface area contributed by atoms with E-state index in [1.165, 1.54) is 12.5 Å². The average molecular weight is 343 g/mol. The van der Waals surface area contributed by atoms with E-state index in [-0.39, 0.29) is 17.5 Å². The molecule has 1 aliphatic heterocycles. The summed E-state index contributed by atoms with van der Waals surface area (Å²) in [6, 6.07) is 4.77. The lowest BCUT2D eigenvalue weighted by atomic mass is 10.0. The highest BCUT2D eigenvalue weighted by Crippen LogP contribution is 2.24. The topological polar surface area (TPSA) is 73.6 Å². The van der Waals surface area contributed by atoms with Gasteiger partial charge in [-0.2, -0.15) is 0 Å². The van der Waals surface area contributed by atoms with Crippen LogP contribution in [0.1, 0.15) is 23.2 Å². The van der Waals surface area contributed by atoms with Crippen molar-refractivity contribution in [1.29, 1.82) is 0 Å². The lowest BCUT2D eigenvalue weighted by Crippen LogP contribution is -2.37. The molecule has 0 spiro atoms. The molecule has 0 fully saturated rings. The first-order valence-corrected chi connectivity index (χ1v) is 7.50. The molecule has 2 rings (SSSR count). The molecule has 1 aliphatic rings. The van der Waals surface area contributed by atoms with Gasteiger partial charge in [0.2, 0.25) is 0 Å². The lowest BCUT2D eigenvalue weighted by Gasteiger charge is -2.20. The summed E-state index contributed by atoms with van der Waals surface area (Å²) >= 11 is 12.1. The highest BCUT2D eigenvalue weighted by atomic mass is 35.5. The Hall–Kier alpha value is -1.69. The Kier molecular flexibility index (Phi) is 6.12. The van der Waals surface area contributed by atoms with E-state index >= 15 is 0 Å². The van der Waals surface area contributed by atoms with Crippen LogP contribution in [0.25, 0.3) is 0 Å². The van der Waals surface area contributed by atoms with Crippen molar-refractivity contribution < 1.29 is 14.6 Å². The third-order valence-corrected chi connectivity index (χ3v) is 3.74. The minimum absolute atomic E-state index is 0.164. The van der Waals surface area contributed by atoms with Gasteiger partial charge < -0.3 is 11.1 Å². The fourth-order valence-corrected chi connectivity index (χ4v) is 2.64. The molecule has 0 saturated carbocycles. The predicted octanol–water partition coefficient (Wildman–Crippen LogP) is 3.19. The first kappa shape index (κ1) is 16.7. The fourth-order valence-electron chi connectivity index (χ4n) is 2.08. The maximum atomic E-state index is 12.4. The molecule has 1 heterocycles. The van der Waals surface area contributed by atoms with Gasteiger partial charge in [0.05, 0.1) is 15.6 Å². The van der Waals surface area contributed by atoms with Crippen molar-refractivity contribution in [2.45, 2.75) is 18.9 Å². The highest BCUT2D eigenvalue weighted by Gasteiger charge is 2.19. The van der Waals surface area contributed by atoms with E-state index in [9.17, 15) is 4.79 Å². The van der Waals surface area contributed by atoms with Crippen molar-refractivity contribution in [2.75, 3.05) is 6.54 Å². The van der Waals surface area contributed by atoms with Crippen LogP contribution < -0.4 is 11.1 Å². The SMILES string of the molecule is NCCC(CC1=COOC=C1)NC(=O)c1c(Cl)cccc1Cl. The molecule has 22 heavy (non-hydrogen) atoms. The molecule has 1 aromatic rings. The lowest BCUT2D eigenvalue weighted by molar-refractivity contribution is -0.199. The van der Waals surface area contributed by atoms with Gasteiger partial charge in [0.25, 0.3) is 5.91 Å². The second-order valence-electron chi connectivity index (χ2n) is 4.74. The number of nitrogens with two attached hydrogens (primary N) is 1. The number of halogens is 2. The van der Waals surface area contributed by atoms with Crippen molar-refractivity contribution in [3.8, 4) is 0 Å². The summed E-state index contributed by atoms with van der Waals surface area (Å²) in [5.74, 6) is -0.327. The van der Waals surface area contributed by atoms with Crippen molar-refractivity contribution in [3.63, 3.8) is 0 Å². The largest absolute Gasteiger partial charge is 0.349 e. The van der Waals surface area contributed by atoms with Crippen molar-refractivity contribution in [3.05, 3.63) is 58.0 Å². The third kappa shape index (κ3) is 4.40. The van der Waals surface area contributed by atoms with Crippen LogP contribution in [-0.4, -0.2) is 18.5 Å². The molecule has 1 unspecified atom stereocenters. The van der Waals surface area contributed by atoms with Crippen molar-refractivity contribution in [2.24, 2.45) is 5.73 Å². The smallest absolute Gasteiger partial charge is 0.254 e. The average Bonchev–Trinajstić information content (AvgIpc) is 2.48. The predicted molar refractivity (Wildman–Crippen MR) is 85.4 cm³/mol. The minimum atomic E-state index is -0.327. The van der Waals surface area contributed by atoms with Crippen LogP contribution in [-0.2, 0) is 9.78 Å². The summed E-state index contributed by atoms with van der Waals surface area (Å²) in [5.41, 5.74) is 6.76. The zero-order valence-electron chi connectivity index (χ0n) is 11.7. The maximum Gasteiger partial charge on any atom is 0.254 e. The molecule has 0 radical (unpaired) electrons. The molecule has 1 atom stereocenters. The number of hydrogen-bond acceptors (Lipinski definition) is 4. The van der Waals surface area contributed by atoms with Gasteiger partial charge in [0.15, 0.2) is 0 Å². The van der Waals surface area contributed by atoms with E-state index in [0.29, 0.717) is 29.4 Å². The van der Waals surface area contributed by atoms with Gasteiger partial charge in [0.1, 0.15) is 12.5 Å². The zero-order valence-corrected chi connectivity index (χ0v) is 13.2. The van der Waals surface area contributed by atoms with Crippen LogP contribution in [0.15, 0.2) is 42.4 Å². The summed E-state index contributed by atoms with van der Waals surface area (Å²) in [6.45, 7) is 0.440. The van der Waals surface area contributed by atoms with Crippen molar-refractivity contribution in [1.82, 2.24) is 5.32 Å². The van der Waals surface area contributed by atoms with E-state index in [4.69, 9.17) is 33.8 Å². The van der Waals surface area contributed by atoms with Crippen LogP contribution in [0.3, 0.4) is 0 Å². The molecule has 118 valence electrons. The van der Waals surface area contributed by atoms with E-state index < -0.39 is 0 Å². The van der Waals surface area contributed by atoms with Crippen LogP contribution in [0.5, 0.6) is 0 Å². The normalized spacial score (nSPS) is 14.6. The summed E-state index contributed by atoms with van der Waals surface area (Å²) in [4.78, 5) is 21.8. The van der Waals surface area contributed by atoms with E-state index in [1.807, 2.05) is 0 Å². The second-order valence-corrected chi connectivity index (χ2v) is 5.55. The van der Waals surface area contributed by atoms with Gasteiger partial charge in [-0.1, -0.05) is 29.3 Å². The molecule has 7 heteroatoms. The highest BCUT2D eigenvalue weighted by molar-refractivity contribution is 6.39. The van der Waals surface area contributed by atoms with Gasteiger partial charge in [-0.25, -0.2) is 0 Å². The summed E-state index contributed by atoms with van der Waals surface area (Å²) in [6.07, 6.45) is 5.85. The van der Waals surface area contributed by atoms with E-state index in [0.717, 1.165) is 5.57 Å². The van der Waals surface area contributed by atoms with Gasteiger partial charge in [-0.3, -0.25) is 14.6 Å². The van der Waals surface area contributed by atoms with Gasteiger partial charge in [-0.15, -0.1) is 0 Å². The van der Waals surface area contributed by atoms with Crippen LogP contribution in [0.2, 0.25) is 10.0 Å². The Balaban J connectivity index is 2.08. The Morgan fingerprint density at radius 2 is 2.00 bits per heavy atom. The standard InChI is InChI=1S/C15H16Cl2N2O3/c16-12-2-1-3-13(17)14(12)15(20)19-11(4-6-18)8-10-5-7-21-22-9-10/h1-3,5,7,9,11H,4,6,8,18H2,(H,19,20). The van der Waals surface area contributed by atoms with Crippen LogP contribution in [0.4, 0.5) is 0 Å². The van der Waals surface area contributed by atoms with Gasteiger partial charge in [0, 0.05) is 6.04 Å². The summed E-state index contributed by atoms with van der Waals surface area (Å²) in [5, 5.41) is 3.52. The fraction of sp³-hybridized carbons (Fsp3) is 0.267. The minimum Gasteiger partial charge on any atom is -0.349 e. The number of hydrogen-bond donors (Lipinski definition) is 2. The molecule has 5 nitrogen and oxygen atoms in total. The summed E-state index contributed by atoms with van der Waals surface area (Å²) in [7, 11) is 0. The molecule has 0 aliphatic carbocycles. The number of amides is 1. The zero-order chi connectivity index (χ0) is 15.9. The third-order valence-electron chi connectivity index (χ3n) is 3.11.